The van der Waals surface area contributed by atoms with E-state index in [1.165, 1.54) is 38.1 Å². The first-order chi connectivity index (χ1) is 10.7. The number of rotatable bonds is 4. The molecule has 4 nitrogen and oxygen atoms in total. The third-order valence-corrected chi connectivity index (χ3v) is 3.34. The molecule has 0 aliphatic heterocycles. The monoisotopic (exact) mass is 329 g/mol. The van der Waals surface area contributed by atoms with E-state index in [4.69, 9.17) is 0 Å². The molecule has 2 aromatic rings. The summed E-state index contributed by atoms with van der Waals surface area (Å²) in [4.78, 5) is 12.1. The van der Waals surface area contributed by atoms with Crippen LogP contribution in [0.4, 0.5) is 17.6 Å². The normalized spacial score (nSPS) is 13.0. The second-order valence-corrected chi connectivity index (χ2v) is 5.13. The van der Waals surface area contributed by atoms with E-state index < -0.39 is 23.8 Å². The topological polar surface area (TPSA) is 46.9 Å². The summed E-state index contributed by atoms with van der Waals surface area (Å²) >= 11 is 0. The predicted molar refractivity (Wildman–Crippen MR) is 74.9 cm³/mol. The maximum absolute atomic E-state index is 12.8. The van der Waals surface area contributed by atoms with Crippen molar-refractivity contribution in [1.29, 1.82) is 0 Å². The standard InChI is InChI=1S/C15H15F4N3O/c1-9-7-13(15(17,18)19)21-22(9)10(2)14(23)20-8-11-3-5-12(16)6-4-11/h3-7,10H,8H2,1-2H3,(H,20,23)/t10-/m1/s1. The Morgan fingerprint density at radius 1 is 1.30 bits per heavy atom. The largest absolute Gasteiger partial charge is 0.435 e. The lowest BCUT2D eigenvalue weighted by atomic mass is 10.2. The van der Waals surface area contributed by atoms with Gasteiger partial charge < -0.3 is 5.32 Å². The fourth-order valence-electron chi connectivity index (χ4n) is 2.07. The Kier molecular flexibility index (Phi) is 4.72. The van der Waals surface area contributed by atoms with E-state index in [0.29, 0.717) is 5.56 Å². The van der Waals surface area contributed by atoms with Crippen molar-refractivity contribution in [3.05, 3.63) is 53.1 Å². The van der Waals surface area contributed by atoms with Crippen molar-refractivity contribution in [3.8, 4) is 0 Å². The van der Waals surface area contributed by atoms with Crippen molar-refractivity contribution < 1.29 is 22.4 Å². The summed E-state index contributed by atoms with van der Waals surface area (Å²) in [5, 5.41) is 6.04. The van der Waals surface area contributed by atoms with Gasteiger partial charge in [0.05, 0.1) is 0 Å². The molecule has 0 saturated heterocycles. The van der Waals surface area contributed by atoms with Crippen molar-refractivity contribution in [2.24, 2.45) is 0 Å². The van der Waals surface area contributed by atoms with E-state index in [1.54, 1.807) is 0 Å². The van der Waals surface area contributed by atoms with Gasteiger partial charge >= 0.3 is 6.18 Å². The average molecular weight is 329 g/mol. The molecule has 1 heterocycles. The number of benzene rings is 1. The Hall–Kier alpha value is -2.38. The molecule has 2 rings (SSSR count). The molecule has 1 aromatic carbocycles. The summed E-state index contributed by atoms with van der Waals surface area (Å²) < 4.78 is 51.7. The maximum Gasteiger partial charge on any atom is 0.435 e. The molecule has 0 saturated carbocycles. The van der Waals surface area contributed by atoms with Gasteiger partial charge in [0.15, 0.2) is 5.69 Å². The summed E-state index contributed by atoms with van der Waals surface area (Å²) in [5.41, 5.74) is -0.116. The van der Waals surface area contributed by atoms with Gasteiger partial charge in [-0.15, -0.1) is 0 Å². The molecule has 0 unspecified atom stereocenters. The highest BCUT2D eigenvalue weighted by atomic mass is 19.4. The zero-order valence-electron chi connectivity index (χ0n) is 12.5. The Bertz CT molecular complexity index is 692. The van der Waals surface area contributed by atoms with Crippen molar-refractivity contribution in [1.82, 2.24) is 15.1 Å². The van der Waals surface area contributed by atoms with Crippen LogP contribution in [0.1, 0.15) is 29.9 Å². The molecule has 124 valence electrons. The van der Waals surface area contributed by atoms with Crippen molar-refractivity contribution in [2.75, 3.05) is 0 Å². The van der Waals surface area contributed by atoms with Gasteiger partial charge in [-0.25, -0.2) is 4.39 Å². The van der Waals surface area contributed by atoms with Crippen molar-refractivity contribution in [3.63, 3.8) is 0 Å². The Morgan fingerprint density at radius 2 is 1.91 bits per heavy atom. The Labute approximate surface area is 130 Å². The van der Waals surface area contributed by atoms with Crippen LogP contribution in [-0.4, -0.2) is 15.7 Å². The van der Waals surface area contributed by atoms with Crippen LogP contribution in [0, 0.1) is 12.7 Å². The first-order valence-electron chi connectivity index (χ1n) is 6.84. The number of carbonyl (C=O) groups excluding carboxylic acids is 1. The van der Waals surface area contributed by atoms with Crippen LogP contribution in [0.3, 0.4) is 0 Å². The van der Waals surface area contributed by atoms with Crippen LogP contribution in [0.5, 0.6) is 0 Å². The van der Waals surface area contributed by atoms with Crippen LogP contribution in [0.2, 0.25) is 0 Å². The molecule has 1 aromatic heterocycles. The highest BCUT2D eigenvalue weighted by molar-refractivity contribution is 5.79. The quantitative estimate of drug-likeness (QED) is 0.876. The smallest absolute Gasteiger partial charge is 0.350 e. The number of alkyl halides is 3. The van der Waals surface area contributed by atoms with Gasteiger partial charge in [0.25, 0.3) is 0 Å². The number of carbonyl (C=O) groups is 1. The predicted octanol–water partition coefficient (Wildman–Crippen LogP) is 3.23. The number of nitrogens with zero attached hydrogens (tertiary/aromatic N) is 2. The minimum atomic E-state index is -4.56. The fourth-order valence-corrected chi connectivity index (χ4v) is 2.07. The molecule has 0 radical (unpaired) electrons. The third kappa shape index (κ3) is 4.08. The average Bonchev–Trinajstić information content (AvgIpc) is 2.87. The maximum atomic E-state index is 12.8. The molecular formula is C15H15F4N3O. The Balaban J connectivity index is 2.05. The Morgan fingerprint density at radius 3 is 2.43 bits per heavy atom. The molecule has 0 aliphatic rings. The molecule has 0 spiro atoms. The molecule has 1 amide bonds. The highest BCUT2D eigenvalue weighted by Crippen LogP contribution is 2.29. The molecule has 1 atom stereocenters. The van der Waals surface area contributed by atoms with E-state index in [-0.39, 0.29) is 18.1 Å². The van der Waals surface area contributed by atoms with Crippen LogP contribution in [0.25, 0.3) is 0 Å². The lowest BCUT2D eigenvalue weighted by Crippen LogP contribution is -2.31. The van der Waals surface area contributed by atoms with E-state index in [0.717, 1.165) is 10.7 Å². The van der Waals surface area contributed by atoms with E-state index >= 15 is 0 Å². The first-order valence-corrected chi connectivity index (χ1v) is 6.84. The molecule has 0 bridgehead atoms. The van der Waals surface area contributed by atoms with Gasteiger partial charge in [-0.1, -0.05) is 12.1 Å². The van der Waals surface area contributed by atoms with E-state index in [1.807, 2.05) is 0 Å². The highest BCUT2D eigenvalue weighted by Gasteiger charge is 2.35. The van der Waals surface area contributed by atoms with Crippen LogP contribution >= 0.6 is 0 Å². The van der Waals surface area contributed by atoms with Crippen LogP contribution in [-0.2, 0) is 17.5 Å². The molecule has 0 aliphatic carbocycles. The third-order valence-electron chi connectivity index (χ3n) is 3.34. The molecule has 1 N–H and O–H groups in total. The van der Waals surface area contributed by atoms with E-state index in [2.05, 4.69) is 10.4 Å². The van der Waals surface area contributed by atoms with Gasteiger partial charge in [-0.3, -0.25) is 9.48 Å². The van der Waals surface area contributed by atoms with Gasteiger partial charge in [0.2, 0.25) is 5.91 Å². The van der Waals surface area contributed by atoms with E-state index in [9.17, 15) is 22.4 Å². The zero-order valence-corrected chi connectivity index (χ0v) is 12.5. The molecule has 8 heteroatoms. The minimum absolute atomic E-state index is 0.149. The number of hydrogen-bond acceptors (Lipinski definition) is 2. The number of nitrogens with one attached hydrogen (secondary N) is 1. The van der Waals surface area contributed by atoms with Gasteiger partial charge in [0, 0.05) is 12.2 Å². The lowest BCUT2D eigenvalue weighted by Gasteiger charge is -2.14. The van der Waals surface area contributed by atoms with Gasteiger partial charge in [0.1, 0.15) is 11.9 Å². The van der Waals surface area contributed by atoms with Crippen LogP contribution in [0.15, 0.2) is 30.3 Å². The number of amides is 1. The summed E-state index contributed by atoms with van der Waals surface area (Å²) in [6.45, 7) is 3.06. The fraction of sp³-hybridized carbons (Fsp3) is 0.333. The van der Waals surface area contributed by atoms with Gasteiger partial charge in [-0.05, 0) is 37.6 Å². The second-order valence-electron chi connectivity index (χ2n) is 5.13. The van der Waals surface area contributed by atoms with Crippen LogP contribution < -0.4 is 5.32 Å². The summed E-state index contributed by atoms with van der Waals surface area (Å²) in [5.74, 6) is -0.866. The first kappa shape index (κ1) is 17.0. The van der Waals surface area contributed by atoms with Gasteiger partial charge in [-0.2, -0.15) is 18.3 Å². The minimum Gasteiger partial charge on any atom is -0.350 e. The number of hydrogen-bond donors (Lipinski definition) is 1. The SMILES string of the molecule is Cc1cc(C(F)(F)F)nn1[C@H](C)C(=O)NCc1ccc(F)cc1. The van der Waals surface area contributed by atoms with Crippen molar-refractivity contribution in [2.45, 2.75) is 32.6 Å². The number of aromatic nitrogens is 2. The van der Waals surface area contributed by atoms with Crippen molar-refractivity contribution >= 4 is 5.91 Å². The summed E-state index contributed by atoms with van der Waals surface area (Å²) in [6, 6.07) is 5.55. The number of halogens is 4. The second kappa shape index (κ2) is 6.39. The molecular weight excluding hydrogens is 314 g/mol. The zero-order chi connectivity index (χ0) is 17.2. The molecule has 23 heavy (non-hydrogen) atoms. The number of aryl methyl sites for hydroxylation is 1. The summed E-state index contributed by atoms with van der Waals surface area (Å²) in [6.07, 6.45) is -4.56. The molecule has 0 fully saturated rings. The lowest BCUT2D eigenvalue weighted by molar-refractivity contribution is -0.142. The summed E-state index contributed by atoms with van der Waals surface area (Å²) in [7, 11) is 0.